The number of halogens is 1. The van der Waals surface area contributed by atoms with E-state index in [-0.39, 0.29) is 23.4 Å². The Morgan fingerprint density at radius 3 is 2.64 bits per heavy atom. The van der Waals surface area contributed by atoms with Crippen LogP contribution in [0.5, 0.6) is 0 Å². The molecule has 1 aliphatic heterocycles. The van der Waals surface area contributed by atoms with Gasteiger partial charge in [-0.2, -0.15) is 0 Å². The summed E-state index contributed by atoms with van der Waals surface area (Å²) in [5, 5.41) is 11.4. The highest BCUT2D eigenvalue weighted by Crippen LogP contribution is 2.41. The van der Waals surface area contributed by atoms with Crippen molar-refractivity contribution in [1.82, 2.24) is 19.3 Å². The van der Waals surface area contributed by atoms with Crippen LogP contribution in [-0.4, -0.2) is 36.1 Å². The fraction of sp³-hybridized carbons (Fsp3) is 0.120. The Kier molecular flexibility index (Phi) is 4.97. The number of benzene rings is 1. The maximum absolute atomic E-state index is 14.9. The van der Waals surface area contributed by atoms with Gasteiger partial charge >= 0.3 is 0 Å². The number of aliphatic hydroxyl groups excluding tert-OH is 1. The molecule has 7 nitrogen and oxygen atoms in total. The maximum atomic E-state index is 14.9. The highest BCUT2D eigenvalue weighted by atomic mass is 19.1. The SMILES string of the molecule is Cc1nc2ccccn2c1C(O)=C1C(=O)C(=O)N(Cc2cccnc2)C1c1ccccc1F. The zero-order valence-electron chi connectivity index (χ0n) is 17.6. The molecule has 0 aliphatic carbocycles. The van der Waals surface area contributed by atoms with Gasteiger partial charge in [-0.1, -0.05) is 30.3 Å². The molecule has 1 saturated heterocycles. The van der Waals surface area contributed by atoms with Crippen LogP contribution in [0.15, 0.2) is 78.8 Å². The zero-order chi connectivity index (χ0) is 23.1. The van der Waals surface area contributed by atoms with Crippen molar-refractivity contribution in [2.75, 3.05) is 0 Å². The van der Waals surface area contributed by atoms with E-state index in [4.69, 9.17) is 0 Å². The molecule has 4 aromatic rings. The number of ketones is 1. The normalized spacial score (nSPS) is 17.8. The number of aliphatic hydroxyl groups is 1. The minimum atomic E-state index is -1.11. The maximum Gasteiger partial charge on any atom is 0.295 e. The van der Waals surface area contributed by atoms with Crippen LogP contribution in [0.3, 0.4) is 0 Å². The van der Waals surface area contributed by atoms with Crippen molar-refractivity contribution < 1.29 is 19.1 Å². The first-order valence-electron chi connectivity index (χ1n) is 10.3. The second kappa shape index (κ2) is 7.98. The number of likely N-dealkylation sites (tertiary alicyclic amines) is 1. The van der Waals surface area contributed by atoms with E-state index in [0.29, 0.717) is 16.9 Å². The van der Waals surface area contributed by atoms with Gasteiger partial charge in [-0.25, -0.2) is 9.37 Å². The first-order valence-corrected chi connectivity index (χ1v) is 10.3. The van der Waals surface area contributed by atoms with Crippen LogP contribution in [0, 0.1) is 12.7 Å². The van der Waals surface area contributed by atoms with Gasteiger partial charge in [0.05, 0.1) is 17.3 Å². The number of amides is 1. The van der Waals surface area contributed by atoms with Gasteiger partial charge in [-0.3, -0.25) is 19.0 Å². The molecule has 1 N–H and O–H groups in total. The van der Waals surface area contributed by atoms with Crippen LogP contribution in [0.25, 0.3) is 11.4 Å². The van der Waals surface area contributed by atoms with Gasteiger partial charge in [0.25, 0.3) is 11.7 Å². The number of aryl methyl sites for hydroxylation is 1. The van der Waals surface area contributed by atoms with Gasteiger partial charge in [0.2, 0.25) is 0 Å². The molecular weight excluding hydrogens is 423 g/mol. The largest absolute Gasteiger partial charge is 0.505 e. The Balaban J connectivity index is 1.74. The molecule has 33 heavy (non-hydrogen) atoms. The standard InChI is InChI=1S/C25H19FN4O3/c1-15-21(29-12-5-4-10-19(29)28-15)23(31)20-22(17-8-2-3-9-18(17)26)30(25(33)24(20)32)14-16-7-6-11-27-13-16/h2-13,22,31H,14H2,1H3. The zero-order valence-corrected chi connectivity index (χ0v) is 17.6. The number of imidazole rings is 1. The molecule has 0 radical (unpaired) electrons. The van der Waals surface area contributed by atoms with Gasteiger partial charge in [0.15, 0.2) is 5.76 Å². The van der Waals surface area contributed by atoms with Crippen molar-refractivity contribution in [3.63, 3.8) is 0 Å². The Morgan fingerprint density at radius 2 is 1.88 bits per heavy atom. The molecule has 1 aromatic carbocycles. The van der Waals surface area contributed by atoms with Crippen LogP contribution in [0.4, 0.5) is 4.39 Å². The number of pyridine rings is 2. The predicted octanol–water partition coefficient (Wildman–Crippen LogP) is 3.80. The van der Waals surface area contributed by atoms with E-state index in [1.807, 2.05) is 0 Å². The van der Waals surface area contributed by atoms with Crippen LogP contribution >= 0.6 is 0 Å². The highest BCUT2D eigenvalue weighted by molar-refractivity contribution is 6.46. The van der Waals surface area contributed by atoms with Gasteiger partial charge < -0.3 is 10.0 Å². The number of hydrogen-bond donors (Lipinski definition) is 1. The lowest BCUT2D eigenvalue weighted by Gasteiger charge is -2.25. The summed E-state index contributed by atoms with van der Waals surface area (Å²) in [6.45, 7) is 1.73. The van der Waals surface area contributed by atoms with Crippen molar-refractivity contribution in [1.29, 1.82) is 0 Å². The van der Waals surface area contributed by atoms with Crippen LogP contribution in [0.2, 0.25) is 0 Å². The van der Waals surface area contributed by atoms with E-state index in [1.165, 1.54) is 23.1 Å². The van der Waals surface area contributed by atoms with Gasteiger partial charge in [-0.05, 0) is 36.8 Å². The monoisotopic (exact) mass is 442 g/mol. The molecule has 8 heteroatoms. The highest BCUT2D eigenvalue weighted by Gasteiger charge is 2.47. The molecule has 164 valence electrons. The minimum absolute atomic E-state index is 0.0281. The van der Waals surface area contributed by atoms with Crippen molar-refractivity contribution in [2.24, 2.45) is 0 Å². The summed E-state index contributed by atoms with van der Waals surface area (Å²) in [4.78, 5) is 36.1. The second-order valence-corrected chi connectivity index (χ2v) is 7.78. The van der Waals surface area contributed by atoms with E-state index in [1.54, 1.807) is 66.3 Å². The average molecular weight is 442 g/mol. The minimum Gasteiger partial charge on any atom is -0.505 e. The average Bonchev–Trinajstić information content (AvgIpc) is 3.28. The fourth-order valence-corrected chi connectivity index (χ4v) is 4.28. The summed E-state index contributed by atoms with van der Waals surface area (Å²) in [5.41, 5.74) is 1.95. The first-order chi connectivity index (χ1) is 16.0. The van der Waals surface area contributed by atoms with Gasteiger partial charge in [-0.15, -0.1) is 0 Å². The van der Waals surface area contributed by atoms with Crippen LogP contribution < -0.4 is 0 Å². The molecule has 0 spiro atoms. The topological polar surface area (TPSA) is 87.8 Å². The molecular formula is C25H19FN4O3. The quantitative estimate of drug-likeness (QED) is 0.295. The van der Waals surface area contributed by atoms with E-state index in [2.05, 4.69) is 9.97 Å². The number of hydrogen-bond acceptors (Lipinski definition) is 5. The van der Waals surface area contributed by atoms with Crippen LogP contribution in [0.1, 0.15) is 28.6 Å². The smallest absolute Gasteiger partial charge is 0.295 e. The van der Waals surface area contributed by atoms with Crippen molar-refractivity contribution in [2.45, 2.75) is 19.5 Å². The van der Waals surface area contributed by atoms with Gasteiger partial charge in [0, 0.05) is 30.7 Å². The summed E-state index contributed by atoms with van der Waals surface area (Å²) in [7, 11) is 0. The predicted molar refractivity (Wildman–Crippen MR) is 118 cm³/mol. The number of carbonyl (C=O) groups is 2. The molecule has 5 rings (SSSR count). The number of aromatic nitrogens is 3. The molecule has 1 aliphatic rings. The van der Waals surface area contributed by atoms with E-state index in [0.717, 1.165) is 0 Å². The Hall–Kier alpha value is -4.33. The molecule has 0 saturated carbocycles. The Bertz CT molecular complexity index is 1430. The summed E-state index contributed by atoms with van der Waals surface area (Å²) >= 11 is 0. The third-order valence-corrected chi connectivity index (χ3v) is 5.74. The lowest BCUT2D eigenvalue weighted by Crippen LogP contribution is -2.29. The molecule has 0 bridgehead atoms. The van der Waals surface area contributed by atoms with Crippen LogP contribution in [-0.2, 0) is 16.1 Å². The summed E-state index contributed by atoms with van der Waals surface area (Å²) in [6.07, 6.45) is 4.88. The number of Topliss-reactive ketones (excluding diaryl/α,β-unsaturated/α-hetero) is 1. The molecule has 1 atom stereocenters. The van der Waals surface area contributed by atoms with Crippen molar-refractivity contribution in [3.8, 4) is 0 Å². The molecule has 4 heterocycles. The fourth-order valence-electron chi connectivity index (χ4n) is 4.28. The number of fused-ring (bicyclic) bond motifs is 1. The van der Waals surface area contributed by atoms with E-state index < -0.39 is 29.3 Å². The Morgan fingerprint density at radius 1 is 1.09 bits per heavy atom. The number of rotatable bonds is 4. The van der Waals surface area contributed by atoms with Crippen molar-refractivity contribution in [3.05, 3.63) is 107 Å². The first kappa shape index (κ1) is 20.6. The summed E-state index contributed by atoms with van der Waals surface area (Å²) in [6, 6.07) is 13.6. The second-order valence-electron chi connectivity index (χ2n) is 7.78. The molecule has 1 fully saturated rings. The third-order valence-electron chi connectivity index (χ3n) is 5.74. The summed E-state index contributed by atoms with van der Waals surface area (Å²) in [5.74, 6) is -2.68. The van der Waals surface area contributed by atoms with E-state index >= 15 is 0 Å². The van der Waals surface area contributed by atoms with E-state index in [9.17, 15) is 19.1 Å². The molecule has 3 aromatic heterocycles. The number of carbonyl (C=O) groups excluding carboxylic acids is 2. The lowest BCUT2D eigenvalue weighted by molar-refractivity contribution is -0.140. The molecule has 1 unspecified atom stereocenters. The van der Waals surface area contributed by atoms with Gasteiger partial charge in [0.1, 0.15) is 17.2 Å². The third kappa shape index (κ3) is 3.36. The molecule has 1 amide bonds. The Labute approximate surface area is 188 Å². The number of nitrogens with zero attached hydrogens (tertiary/aromatic N) is 4. The summed E-state index contributed by atoms with van der Waals surface area (Å²) < 4.78 is 16.6. The van der Waals surface area contributed by atoms with Crippen molar-refractivity contribution >= 4 is 23.1 Å². The lowest BCUT2D eigenvalue weighted by atomic mass is 9.95.